The second-order valence-electron chi connectivity index (χ2n) is 6.20. The fourth-order valence-corrected chi connectivity index (χ4v) is 2.98. The number of hydrogen-bond donors (Lipinski definition) is 1. The predicted octanol–water partition coefficient (Wildman–Crippen LogP) is 3.57. The zero-order valence-corrected chi connectivity index (χ0v) is 14.8. The van der Waals surface area contributed by atoms with Crippen LogP contribution in [0.3, 0.4) is 0 Å². The van der Waals surface area contributed by atoms with Gasteiger partial charge in [0.25, 0.3) is 11.6 Å². The summed E-state index contributed by atoms with van der Waals surface area (Å²) >= 11 is 0. The molecule has 3 heterocycles. The van der Waals surface area contributed by atoms with Crippen LogP contribution in [0, 0.1) is 6.92 Å². The van der Waals surface area contributed by atoms with Crippen molar-refractivity contribution in [1.82, 2.24) is 20.4 Å². The minimum Gasteiger partial charge on any atom is -0.352 e. The topological polar surface area (TPSA) is 80.9 Å². The highest BCUT2D eigenvalue weighted by atomic mass is 16.5. The normalized spacial score (nSPS) is 10.9. The van der Waals surface area contributed by atoms with Crippen LogP contribution >= 0.6 is 0 Å². The molecule has 0 aliphatic rings. The van der Waals surface area contributed by atoms with E-state index >= 15 is 0 Å². The summed E-state index contributed by atoms with van der Waals surface area (Å²) in [6.45, 7) is 2.30. The molecule has 1 amide bonds. The van der Waals surface area contributed by atoms with E-state index in [1.807, 2.05) is 48.5 Å². The minimum absolute atomic E-state index is 0.179. The van der Waals surface area contributed by atoms with Gasteiger partial charge in [-0.2, -0.15) is 0 Å². The zero-order chi connectivity index (χ0) is 18.6. The lowest BCUT2D eigenvalue weighted by atomic mass is 10.1. The molecule has 6 heteroatoms. The average Bonchev–Trinajstić information content (AvgIpc) is 3.09. The van der Waals surface area contributed by atoms with Crippen LogP contribution in [0.2, 0.25) is 0 Å². The molecule has 0 fully saturated rings. The number of rotatable bonds is 5. The van der Waals surface area contributed by atoms with E-state index in [2.05, 4.69) is 20.4 Å². The van der Waals surface area contributed by atoms with E-state index < -0.39 is 0 Å². The van der Waals surface area contributed by atoms with Crippen molar-refractivity contribution in [2.75, 3.05) is 6.54 Å². The molecule has 4 aromatic rings. The number of carbonyl (C=O) groups excluding carboxylic acids is 1. The number of hydrogen-bond acceptors (Lipinski definition) is 5. The van der Waals surface area contributed by atoms with Crippen molar-refractivity contribution < 1.29 is 9.32 Å². The summed E-state index contributed by atoms with van der Waals surface area (Å²) < 4.78 is 5.32. The van der Waals surface area contributed by atoms with Crippen molar-refractivity contribution in [3.05, 3.63) is 77.7 Å². The molecule has 0 saturated carbocycles. The smallest absolute Gasteiger partial charge is 0.259 e. The van der Waals surface area contributed by atoms with Crippen molar-refractivity contribution in [3.8, 4) is 11.3 Å². The van der Waals surface area contributed by atoms with Gasteiger partial charge in [-0.05, 0) is 25.1 Å². The Morgan fingerprint density at radius 2 is 1.93 bits per heavy atom. The molecule has 0 atom stereocenters. The van der Waals surface area contributed by atoms with Crippen LogP contribution in [-0.2, 0) is 6.42 Å². The van der Waals surface area contributed by atoms with Crippen molar-refractivity contribution in [3.63, 3.8) is 0 Å². The first-order valence-electron chi connectivity index (χ1n) is 8.73. The summed E-state index contributed by atoms with van der Waals surface area (Å²) in [6.07, 6.45) is 2.41. The molecule has 3 aromatic heterocycles. The number of pyridine rings is 2. The zero-order valence-electron chi connectivity index (χ0n) is 14.8. The van der Waals surface area contributed by atoms with E-state index in [0.29, 0.717) is 41.0 Å². The van der Waals surface area contributed by atoms with Crippen molar-refractivity contribution in [2.24, 2.45) is 0 Å². The quantitative estimate of drug-likeness (QED) is 0.590. The maximum atomic E-state index is 12.9. The third-order valence-electron chi connectivity index (χ3n) is 4.32. The highest BCUT2D eigenvalue weighted by Crippen LogP contribution is 2.26. The molecule has 0 spiro atoms. The number of amides is 1. The number of carbonyl (C=O) groups is 1. The van der Waals surface area contributed by atoms with E-state index in [4.69, 9.17) is 4.52 Å². The number of aromatic nitrogens is 3. The van der Waals surface area contributed by atoms with Crippen LogP contribution in [0.4, 0.5) is 0 Å². The lowest BCUT2D eigenvalue weighted by Gasteiger charge is -2.08. The van der Waals surface area contributed by atoms with Gasteiger partial charge in [-0.15, -0.1) is 0 Å². The van der Waals surface area contributed by atoms with Crippen LogP contribution in [0.25, 0.3) is 22.4 Å². The molecule has 0 radical (unpaired) electrons. The van der Waals surface area contributed by atoms with E-state index in [0.717, 1.165) is 11.3 Å². The molecule has 0 aliphatic heterocycles. The second kappa shape index (κ2) is 7.37. The summed E-state index contributed by atoms with van der Waals surface area (Å²) in [4.78, 5) is 21.6. The molecule has 134 valence electrons. The highest BCUT2D eigenvalue weighted by Gasteiger charge is 2.19. The maximum absolute atomic E-state index is 12.9. The molecule has 4 rings (SSSR count). The van der Waals surface area contributed by atoms with Gasteiger partial charge in [-0.1, -0.05) is 41.6 Å². The molecule has 27 heavy (non-hydrogen) atoms. The summed E-state index contributed by atoms with van der Waals surface area (Å²) in [6, 6.07) is 17.2. The molecule has 1 N–H and O–H groups in total. The van der Waals surface area contributed by atoms with Gasteiger partial charge >= 0.3 is 0 Å². The van der Waals surface area contributed by atoms with Gasteiger partial charge < -0.3 is 9.84 Å². The third kappa shape index (κ3) is 3.55. The molecule has 6 nitrogen and oxygen atoms in total. The van der Waals surface area contributed by atoms with Crippen LogP contribution in [0.15, 0.2) is 65.3 Å². The highest BCUT2D eigenvalue weighted by molar-refractivity contribution is 6.06. The molecule has 0 bridgehead atoms. The standard InChI is InChI=1S/C21H18N4O2/c1-14-19-17(20(26)23-12-10-16-9-5-6-11-22-16)13-18(24-21(19)27-25-14)15-7-3-2-4-8-15/h2-9,11,13H,10,12H2,1H3,(H,23,26). The lowest BCUT2D eigenvalue weighted by molar-refractivity contribution is 0.0955. The fourth-order valence-electron chi connectivity index (χ4n) is 2.98. The fraction of sp³-hybridized carbons (Fsp3) is 0.143. The minimum atomic E-state index is -0.179. The Morgan fingerprint density at radius 1 is 1.11 bits per heavy atom. The summed E-state index contributed by atoms with van der Waals surface area (Å²) in [7, 11) is 0. The van der Waals surface area contributed by atoms with Crippen LogP contribution < -0.4 is 5.32 Å². The van der Waals surface area contributed by atoms with Crippen molar-refractivity contribution >= 4 is 17.0 Å². The first-order chi connectivity index (χ1) is 13.2. The predicted molar refractivity (Wildman–Crippen MR) is 102 cm³/mol. The van der Waals surface area contributed by atoms with E-state index in [1.165, 1.54) is 0 Å². The number of nitrogens with zero attached hydrogens (tertiary/aromatic N) is 3. The van der Waals surface area contributed by atoms with E-state index in [9.17, 15) is 4.79 Å². The Hall–Kier alpha value is -3.54. The first kappa shape index (κ1) is 16.9. The largest absolute Gasteiger partial charge is 0.352 e. The van der Waals surface area contributed by atoms with Gasteiger partial charge in [-0.25, -0.2) is 4.98 Å². The Kier molecular flexibility index (Phi) is 4.61. The summed E-state index contributed by atoms with van der Waals surface area (Å²) in [5, 5.41) is 7.58. The van der Waals surface area contributed by atoms with E-state index in [-0.39, 0.29) is 5.91 Å². The van der Waals surface area contributed by atoms with Gasteiger partial charge in [0, 0.05) is 30.4 Å². The van der Waals surface area contributed by atoms with Crippen LogP contribution in [0.5, 0.6) is 0 Å². The lowest BCUT2D eigenvalue weighted by Crippen LogP contribution is -2.26. The monoisotopic (exact) mass is 358 g/mol. The SMILES string of the molecule is Cc1noc2nc(-c3ccccc3)cc(C(=O)NCCc3ccccn3)c12. The maximum Gasteiger partial charge on any atom is 0.259 e. The molecular weight excluding hydrogens is 340 g/mol. The molecular formula is C21H18N4O2. The van der Waals surface area contributed by atoms with Gasteiger partial charge in [0.2, 0.25) is 0 Å². The third-order valence-corrected chi connectivity index (χ3v) is 4.32. The van der Waals surface area contributed by atoms with Gasteiger partial charge in [-0.3, -0.25) is 9.78 Å². The Balaban J connectivity index is 1.63. The first-order valence-corrected chi connectivity index (χ1v) is 8.73. The molecule has 1 aromatic carbocycles. The Labute approximate surface area is 156 Å². The van der Waals surface area contributed by atoms with E-state index in [1.54, 1.807) is 19.2 Å². The molecule has 0 aliphatic carbocycles. The number of nitrogens with one attached hydrogen (secondary N) is 1. The van der Waals surface area contributed by atoms with Crippen molar-refractivity contribution in [2.45, 2.75) is 13.3 Å². The number of aryl methyl sites for hydroxylation is 1. The summed E-state index contributed by atoms with van der Waals surface area (Å²) in [5.41, 5.74) is 4.04. The number of fused-ring (bicyclic) bond motifs is 1. The second-order valence-corrected chi connectivity index (χ2v) is 6.20. The molecule has 0 unspecified atom stereocenters. The molecule has 0 saturated heterocycles. The number of benzene rings is 1. The Bertz CT molecular complexity index is 1080. The Morgan fingerprint density at radius 3 is 2.70 bits per heavy atom. The van der Waals surface area contributed by atoms with Crippen LogP contribution in [-0.4, -0.2) is 27.6 Å². The van der Waals surface area contributed by atoms with Crippen molar-refractivity contribution in [1.29, 1.82) is 0 Å². The average molecular weight is 358 g/mol. The van der Waals surface area contributed by atoms with Gasteiger partial charge in [0.1, 0.15) is 0 Å². The summed E-state index contributed by atoms with van der Waals surface area (Å²) in [5.74, 6) is -0.179. The van der Waals surface area contributed by atoms with Gasteiger partial charge in [0.15, 0.2) is 0 Å². The van der Waals surface area contributed by atoms with Gasteiger partial charge in [0.05, 0.1) is 22.3 Å². The van der Waals surface area contributed by atoms with Crippen LogP contribution in [0.1, 0.15) is 21.7 Å².